The van der Waals surface area contributed by atoms with Gasteiger partial charge < -0.3 is 10.0 Å². The quantitative estimate of drug-likeness (QED) is 0.789. The molecule has 0 saturated heterocycles. The van der Waals surface area contributed by atoms with Gasteiger partial charge in [-0.2, -0.15) is 5.10 Å². The summed E-state index contributed by atoms with van der Waals surface area (Å²) in [5.41, 5.74) is 0.0268. The number of hydrogen-bond acceptors (Lipinski definition) is 3. The van der Waals surface area contributed by atoms with Crippen LogP contribution in [0.5, 0.6) is 0 Å². The minimum absolute atomic E-state index is 0.0268. The standard InChI is InChI=1S/C10H15N3O3/c1-12(2)9(14)4-3-6-13-7-5-8(11-13)10(15)16/h5,7H,3-4,6H2,1-2H3,(H,15,16). The molecular formula is C10H15N3O3. The van der Waals surface area contributed by atoms with E-state index in [0.717, 1.165) is 0 Å². The Morgan fingerprint density at radius 3 is 2.69 bits per heavy atom. The van der Waals surface area contributed by atoms with Crippen molar-refractivity contribution in [1.29, 1.82) is 0 Å². The molecule has 1 N–H and O–H groups in total. The maximum absolute atomic E-state index is 11.2. The first-order valence-electron chi connectivity index (χ1n) is 4.97. The van der Waals surface area contributed by atoms with Crippen LogP contribution in [-0.2, 0) is 11.3 Å². The maximum atomic E-state index is 11.2. The van der Waals surface area contributed by atoms with Gasteiger partial charge >= 0.3 is 5.97 Å². The Kier molecular flexibility index (Phi) is 4.04. The largest absolute Gasteiger partial charge is 0.476 e. The summed E-state index contributed by atoms with van der Waals surface area (Å²) >= 11 is 0. The maximum Gasteiger partial charge on any atom is 0.356 e. The van der Waals surface area contributed by atoms with Gasteiger partial charge in [-0.15, -0.1) is 0 Å². The fraction of sp³-hybridized carbons (Fsp3) is 0.500. The molecule has 6 nitrogen and oxygen atoms in total. The minimum atomic E-state index is -1.04. The highest BCUT2D eigenvalue weighted by molar-refractivity contribution is 5.85. The van der Waals surface area contributed by atoms with Crippen molar-refractivity contribution in [2.45, 2.75) is 19.4 Å². The average Bonchev–Trinajstić information content (AvgIpc) is 2.66. The molecule has 0 aromatic carbocycles. The third-order valence-electron chi connectivity index (χ3n) is 2.14. The minimum Gasteiger partial charge on any atom is -0.476 e. The molecule has 0 atom stereocenters. The van der Waals surface area contributed by atoms with Crippen LogP contribution < -0.4 is 0 Å². The van der Waals surface area contributed by atoms with Crippen LogP contribution >= 0.6 is 0 Å². The number of rotatable bonds is 5. The van der Waals surface area contributed by atoms with Crippen LogP contribution in [-0.4, -0.2) is 45.8 Å². The Balaban J connectivity index is 2.37. The topological polar surface area (TPSA) is 75.4 Å². The summed E-state index contributed by atoms with van der Waals surface area (Å²) in [7, 11) is 3.41. The number of aromatic nitrogens is 2. The predicted octanol–water partition coefficient (Wildman–Crippen LogP) is 0.450. The van der Waals surface area contributed by atoms with Crippen molar-refractivity contribution in [3.05, 3.63) is 18.0 Å². The average molecular weight is 225 g/mol. The predicted molar refractivity (Wildman–Crippen MR) is 57.1 cm³/mol. The lowest BCUT2D eigenvalue weighted by atomic mass is 10.3. The summed E-state index contributed by atoms with van der Waals surface area (Å²) in [6.45, 7) is 0.548. The number of aryl methyl sites for hydroxylation is 1. The van der Waals surface area contributed by atoms with Crippen LogP contribution in [0.3, 0.4) is 0 Å². The Morgan fingerprint density at radius 1 is 1.50 bits per heavy atom. The molecule has 1 rings (SSSR count). The van der Waals surface area contributed by atoms with Gasteiger partial charge in [0.05, 0.1) is 0 Å². The van der Waals surface area contributed by atoms with Crippen molar-refractivity contribution in [1.82, 2.24) is 14.7 Å². The lowest BCUT2D eigenvalue weighted by Crippen LogP contribution is -2.21. The Morgan fingerprint density at radius 2 is 2.19 bits per heavy atom. The number of carbonyl (C=O) groups excluding carboxylic acids is 1. The van der Waals surface area contributed by atoms with Crippen LogP contribution in [0.15, 0.2) is 12.3 Å². The first kappa shape index (κ1) is 12.2. The van der Waals surface area contributed by atoms with Crippen LogP contribution in [0.1, 0.15) is 23.3 Å². The Bertz CT molecular complexity index is 384. The van der Waals surface area contributed by atoms with Crippen molar-refractivity contribution in [3.63, 3.8) is 0 Å². The molecule has 0 aliphatic heterocycles. The number of carboxylic acid groups (broad SMARTS) is 1. The highest BCUT2D eigenvalue weighted by Crippen LogP contribution is 2.00. The summed E-state index contributed by atoms with van der Waals surface area (Å²) in [5.74, 6) is -0.978. The zero-order valence-electron chi connectivity index (χ0n) is 9.38. The van der Waals surface area contributed by atoms with Crippen molar-refractivity contribution in [3.8, 4) is 0 Å². The monoisotopic (exact) mass is 225 g/mol. The van der Waals surface area contributed by atoms with E-state index in [1.165, 1.54) is 15.6 Å². The molecule has 0 bridgehead atoms. The molecule has 0 fully saturated rings. The smallest absolute Gasteiger partial charge is 0.356 e. The lowest BCUT2D eigenvalue weighted by molar-refractivity contribution is -0.128. The second-order valence-electron chi connectivity index (χ2n) is 3.66. The third kappa shape index (κ3) is 3.38. The van der Waals surface area contributed by atoms with E-state index in [1.54, 1.807) is 20.3 Å². The van der Waals surface area contributed by atoms with Gasteiger partial charge in [-0.3, -0.25) is 9.48 Å². The highest BCUT2D eigenvalue weighted by atomic mass is 16.4. The summed E-state index contributed by atoms with van der Waals surface area (Å²) in [4.78, 5) is 23.3. The van der Waals surface area contributed by atoms with Crippen LogP contribution in [0.25, 0.3) is 0 Å². The van der Waals surface area contributed by atoms with E-state index in [-0.39, 0.29) is 11.6 Å². The molecule has 88 valence electrons. The number of aromatic carboxylic acids is 1. The first-order chi connectivity index (χ1) is 7.50. The van der Waals surface area contributed by atoms with Crippen LogP contribution in [0, 0.1) is 0 Å². The first-order valence-corrected chi connectivity index (χ1v) is 4.97. The second kappa shape index (κ2) is 5.29. The van der Waals surface area contributed by atoms with E-state index in [4.69, 9.17) is 5.11 Å². The summed E-state index contributed by atoms with van der Waals surface area (Å²) in [6, 6.07) is 1.44. The normalized spacial score (nSPS) is 10.1. The number of nitrogens with zero attached hydrogens (tertiary/aromatic N) is 3. The van der Waals surface area contributed by atoms with E-state index >= 15 is 0 Å². The Labute approximate surface area is 93.5 Å². The summed E-state index contributed by atoms with van der Waals surface area (Å²) < 4.78 is 1.53. The van der Waals surface area contributed by atoms with Gasteiger partial charge in [0, 0.05) is 33.3 Å². The van der Waals surface area contributed by atoms with E-state index in [1.807, 2.05) is 0 Å². The molecule has 0 unspecified atom stereocenters. The molecular weight excluding hydrogens is 210 g/mol. The van der Waals surface area contributed by atoms with Crippen molar-refractivity contribution >= 4 is 11.9 Å². The van der Waals surface area contributed by atoms with Gasteiger partial charge in [0.15, 0.2) is 5.69 Å². The molecule has 0 radical (unpaired) electrons. The van der Waals surface area contributed by atoms with Crippen LogP contribution in [0.4, 0.5) is 0 Å². The molecule has 0 aliphatic carbocycles. The van der Waals surface area contributed by atoms with Gasteiger partial charge in [0.1, 0.15) is 0 Å². The fourth-order valence-corrected chi connectivity index (χ4v) is 1.22. The second-order valence-corrected chi connectivity index (χ2v) is 3.66. The third-order valence-corrected chi connectivity index (χ3v) is 2.14. The van der Waals surface area contributed by atoms with Crippen LogP contribution in [0.2, 0.25) is 0 Å². The molecule has 1 aromatic rings. The molecule has 16 heavy (non-hydrogen) atoms. The van der Waals surface area contributed by atoms with E-state index in [0.29, 0.717) is 19.4 Å². The summed E-state index contributed by atoms with van der Waals surface area (Å²) in [5, 5.41) is 12.5. The molecule has 0 aliphatic rings. The summed E-state index contributed by atoms with van der Waals surface area (Å²) in [6.07, 6.45) is 2.69. The highest BCUT2D eigenvalue weighted by Gasteiger charge is 2.07. The van der Waals surface area contributed by atoms with Gasteiger partial charge in [-0.25, -0.2) is 4.79 Å². The Hall–Kier alpha value is -1.85. The van der Waals surface area contributed by atoms with E-state index < -0.39 is 5.97 Å². The molecule has 0 saturated carbocycles. The fourth-order valence-electron chi connectivity index (χ4n) is 1.22. The van der Waals surface area contributed by atoms with Gasteiger partial charge in [0.25, 0.3) is 0 Å². The van der Waals surface area contributed by atoms with E-state index in [2.05, 4.69) is 5.10 Å². The van der Waals surface area contributed by atoms with Gasteiger partial charge in [-0.05, 0) is 12.5 Å². The number of carboxylic acids is 1. The molecule has 1 amide bonds. The van der Waals surface area contributed by atoms with Crippen molar-refractivity contribution in [2.24, 2.45) is 0 Å². The number of hydrogen-bond donors (Lipinski definition) is 1. The molecule has 0 spiro atoms. The zero-order chi connectivity index (χ0) is 12.1. The van der Waals surface area contributed by atoms with Crippen molar-refractivity contribution in [2.75, 3.05) is 14.1 Å². The van der Waals surface area contributed by atoms with E-state index in [9.17, 15) is 9.59 Å². The lowest BCUT2D eigenvalue weighted by Gasteiger charge is -2.09. The zero-order valence-corrected chi connectivity index (χ0v) is 9.38. The van der Waals surface area contributed by atoms with Gasteiger partial charge in [0.2, 0.25) is 5.91 Å². The molecule has 1 aromatic heterocycles. The SMILES string of the molecule is CN(C)C(=O)CCCn1ccc(C(=O)O)n1. The van der Waals surface area contributed by atoms with Gasteiger partial charge in [-0.1, -0.05) is 0 Å². The number of amides is 1. The van der Waals surface area contributed by atoms with Crippen molar-refractivity contribution < 1.29 is 14.7 Å². The molecule has 6 heteroatoms. The molecule has 1 heterocycles. The number of carbonyl (C=O) groups is 2.